The van der Waals surface area contributed by atoms with Crippen LogP contribution in [0, 0.1) is 5.82 Å². The third-order valence-electron chi connectivity index (χ3n) is 7.78. The van der Waals surface area contributed by atoms with Gasteiger partial charge in [-0.2, -0.15) is 0 Å². The molecule has 0 aliphatic carbocycles. The van der Waals surface area contributed by atoms with Crippen molar-refractivity contribution in [2.45, 2.75) is 63.5 Å². The smallest absolute Gasteiger partial charge is 0.262 e. The van der Waals surface area contributed by atoms with E-state index in [9.17, 15) is 9.18 Å². The van der Waals surface area contributed by atoms with Crippen LogP contribution in [0.3, 0.4) is 0 Å². The van der Waals surface area contributed by atoms with E-state index in [2.05, 4.69) is 10.6 Å². The Labute approximate surface area is 261 Å². The first-order chi connectivity index (χ1) is 19.7. The monoisotopic (exact) mass is 617 g/mol. The number of rotatable bonds is 11. The molecule has 6 nitrogen and oxygen atoms in total. The summed E-state index contributed by atoms with van der Waals surface area (Å²) < 4.78 is 25.6. The molecule has 2 aliphatic heterocycles. The summed E-state index contributed by atoms with van der Waals surface area (Å²) in [6, 6.07) is 21.8. The molecular formula is C33H42Cl2FN3O3. The maximum Gasteiger partial charge on any atom is 0.262 e. The van der Waals surface area contributed by atoms with Gasteiger partial charge in [0.15, 0.2) is 0 Å². The molecule has 2 atom stereocenters. The van der Waals surface area contributed by atoms with Crippen LogP contribution in [0.25, 0.3) is 0 Å². The quantitative estimate of drug-likeness (QED) is 0.234. The maximum atomic E-state index is 13.6. The number of halogens is 3. The number of hydrogen-bond donors (Lipinski definition) is 2. The number of nitrogens with one attached hydrogen (secondary N) is 2. The number of piperidine rings is 2. The number of carbonyl (C=O) groups is 1. The van der Waals surface area contributed by atoms with Crippen molar-refractivity contribution in [2.75, 3.05) is 31.2 Å². The van der Waals surface area contributed by atoms with Gasteiger partial charge in [-0.1, -0.05) is 12.8 Å². The Morgan fingerprint density at radius 3 is 1.55 bits per heavy atom. The predicted octanol–water partition coefficient (Wildman–Crippen LogP) is 7.47. The average molecular weight is 619 g/mol. The molecule has 9 heteroatoms. The Hall–Kier alpha value is -2.84. The van der Waals surface area contributed by atoms with Crippen molar-refractivity contribution in [2.24, 2.45) is 0 Å². The van der Waals surface area contributed by atoms with E-state index in [1.807, 2.05) is 48.5 Å². The summed E-state index contributed by atoms with van der Waals surface area (Å²) in [6.45, 7) is 3.46. The van der Waals surface area contributed by atoms with Crippen molar-refractivity contribution in [1.29, 1.82) is 0 Å². The Balaban J connectivity index is 0.00000242. The van der Waals surface area contributed by atoms with Crippen LogP contribution < -0.4 is 25.0 Å². The van der Waals surface area contributed by atoms with Crippen LogP contribution in [-0.4, -0.2) is 44.3 Å². The zero-order valence-corrected chi connectivity index (χ0v) is 25.6. The van der Waals surface area contributed by atoms with E-state index in [0.717, 1.165) is 37.4 Å². The normalized spacial score (nSPS) is 18.2. The van der Waals surface area contributed by atoms with Gasteiger partial charge in [-0.15, -0.1) is 24.8 Å². The van der Waals surface area contributed by atoms with Gasteiger partial charge >= 0.3 is 0 Å². The molecule has 0 bridgehead atoms. The zero-order valence-electron chi connectivity index (χ0n) is 23.9. The van der Waals surface area contributed by atoms with Crippen molar-refractivity contribution in [3.8, 4) is 11.5 Å². The van der Waals surface area contributed by atoms with Crippen LogP contribution in [0.5, 0.6) is 11.5 Å². The molecule has 3 aromatic rings. The molecule has 2 saturated heterocycles. The summed E-state index contributed by atoms with van der Waals surface area (Å²) in [5.41, 5.74) is 1.81. The van der Waals surface area contributed by atoms with Gasteiger partial charge in [0.05, 0.1) is 13.2 Å². The largest absolute Gasteiger partial charge is 0.494 e. The highest BCUT2D eigenvalue weighted by molar-refractivity contribution is 6.10. The third-order valence-corrected chi connectivity index (χ3v) is 7.78. The summed E-state index contributed by atoms with van der Waals surface area (Å²) in [5.74, 6) is 0.918. The van der Waals surface area contributed by atoms with Crippen molar-refractivity contribution in [3.63, 3.8) is 0 Å². The van der Waals surface area contributed by atoms with E-state index in [-0.39, 0.29) is 36.5 Å². The average Bonchev–Trinajstić information content (AvgIpc) is 3.00. The predicted molar refractivity (Wildman–Crippen MR) is 172 cm³/mol. The molecule has 0 aromatic heterocycles. The minimum atomic E-state index is -0.377. The van der Waals surface area contributed by atoms with Gasteiger partial charge in [0.25, 0.3) is 5.91 Å². The lowest BCUT2D eigenvalue weighted by atomic mass is 10.0. The molecule has 0 radical (unpaired) electrons. The molecule has 2 fully saturated rings. The lowest BCUT2D eigenvalue weighted by molar-refractivity contribution is 0.0999. The van der Waals surface area contributed by atoms with Gasteiger partial charge in [0.1, 0.15) is 17.3 Å². The van der Waals surface area contributed by atoms with Crippen LogP contribution in [0.15, 0.2) is 72.8 Å². The fourth-order valence-electron chi connectivity index (χ4n) is 5.47. The molecule has 2 N–H and O–H groups in total. The van der Waals surface area contributed by atoms with Crippen molar-refractivity contribution < 1.29 is 18.7 Å². The molecule has 42 heavy (non-hydrogen) atoms. The van der Waals surface area contributed by atoms with E-state index in [1.54, 1.807) is 4.90 Å². The van der Waals surface area contributed by atoms with E-state index in [4.69, 9.17) is 9.47 Å². The summed E-state index contributed by atoms with van der Waals surface area (Å²) in [7, 11) is 0. The fourth-order valence-corrected chi connectivity index (χ4v) is 5.47. The number of amides is 1. The van der Waals surface area contributed by atoms with Gasteiger partial charge in [-0.05, 0) is 124 Å². The molecule has 2 unspecified atom stereocenters. The van der Waals surface area contributed by atoms with Gasteiger partial charge in [-0.3, -0.25) is 9.69 Å². The van der Waals surface area contributed by atoms with E-state index in [1.165, 1.54) is 62.8 Å². The number of hydrogen-bond acceptors (Lipinski definition) is 5. The minimum absolute atomic E-state index is 0. The summed E-state index contributed by atoms with van der Waals surface area (Å²) in [5, 5.41) is 7.10. The van der Waals surface area contributed by atoms with E-state index >= 15 is 0 Å². The second kappa shape index (κ2) is 17.3. The van der Waals surface area contributed by atoms with Crippen LogP contribution >= 0.6 is 24.8 Å². The highest BCUT2D eigenvalue weighted by atomic mass is 35.5. The summed E-state index contributed by atoms with van der Waals surface area (Å²) in [4.78, 5) is 15.3. The molecule has 0 saturated carbocycles. The number of anilines is 2. The van der Waals surface area contributed by atoms with Gasteiger partial charge in [0, 0.05) is 29.0 Å². The first-order valence-corrected chi connectivity index (χ1v) is 14.7. The Kier molecular flexibility index (Phi) is 13.9. The lowest BCUT2D eigenvalue weighted by Crippen LogP contribution is -2.35. The van der Waals surface area contributed by atoms with Crippen molar-refractivity contribution in [3.05, 3.63) is 84.2 Å². The molecule has 228 valence electrons. The van der Waals surface area contributed by atoms with Crippen LogP contribution in [0.1, 0.15) is 61.7 Å². The Morgan fingerprint density at radius 2 is 1.14 bits per heavy atom. The standard InChI is InChI=1S/C33H40FN3O3.2ClH/c34-26-9-7-25(8-10-26)33(38)37(29-11-15-31(16-12-29)39-23-19-27-5-1-3-21-35-27)30-13-17-32(18-14-30)40-24-20-28-6-2-4-22-36-28;;/h7-18,27-28,35-36H,1-6,19-24H2;2*1H. The second-order valence-corrected chi connectivity index (χ2v) is 10.7. The van der Waals surface area contributed by atoms with Gasteiger partial charge < -0.3 is 20.1 Å². The van der Waals surface area contributed by atoms with E-state index in [0.29, 0.717) is 42.2 Å². The molecule has 3 aromatic carbocycles. The lowest BCUT2D eigenvalue weighted by Gasteiger charge is -2.25. The minimum Gasteiger partial charge on any atom is -0.494 e. The number of carbonyl (C=O) groups excluding carboxylic acids is 1. The van der Waals surface area contributed by atoms with Crippen LogP contribution in [0.4, 0.5) is 15.8 Å². The SMILES string of the molecule is Cl.Cl.O=C(c1ccc(F)cc1)N(c1ccc(OCCC2CCCCN2)cc1)c1ccc(OCCC2CCCCN2)cc1. The Bertz CT molecular complexity index is 1130. The topological polar surface area (TPSA) is 62.8 Å². The highest BCUT2D eigenvalue weighted by Gasteiger charge is 2.21. The molecule has 5 rings (SSSR count). The first-order valence-electron chi connectivity index (χ1n) is 14.7. The highest BCUT2D eigenvalue weighted by Crippen LogP contribution is 2.31. The van der Waals surface area contributed by atoms with Gasteiger partial charge in [0.2, 0.25) is 0 Å². The third kappa shape index (κ3) is 9.60. The molecule has 2 heterocycles. The number of ether oxygens (including phenoxy) is 2. The Morgan fingerprint density at radius 1 is 0.690 bits per heavy atom. The van der Waals surface area contributed by atoms with Crippen molar-refractivity contribution in [1.82, 2.24) is 10.6 Å². The zero-order chi connectivity index (χ0) is 27.6. The summed E-state index contributed by atoms with van der Waals surface area (Å²) in [6.07, 6.45) is 9.39. The van der Waals surface area contributed by atoms with Gasteiger partial charge in [-0.25, -0.2) is 4.39 Å². The molecule has 1 amide bonds. The molecular weight excluding hydrogens is 576 g/mol. The van der Waals surface area contributed by atoms with Crippen LogP contribution in [-0.2, 0) is 0 Å². The molecule has 2 aliphatic rings. The molecule has 0 spiro atoms. The first kappa shape index (κ1) is 33.7. The number of nitrogens with zero attached hydrogens (tertiary/aromatic N) is 1. The summed E-state index contributed by atoms with van der Waals surface area (Å²) >= 11 is 0. The maximum absolute atomic E-state index is 13.6. The fraction of sp³-hybridized carbons (Fsp3) is 0.424. The van der Waals surface area contributed by atoms with Crippen molar-refractivity contribution >= 4 is 42.1 Å². The second-order valence-electron chi connectivity index (χ2n) is 10.7. The van der Waals surface area contributed by atoms with E-state index < -0.39 is 0 Å². The van der Waals surface area contributed by atoms with Crippen LogP contribution in [0.2, 0.25) is 0 Å². The number of benzene rings is 3.